The lowest BCUT2D eigenvalue weighted by Gasteiger charge is -2.16. The van der Waals surface area contributed by atoms with Gasteiger partial charge in [-0.25, -0.2) is 15.0 Å². The van der Waals surface area contributed by atoms with Gasteiger partial charge >= 0.3 is 0 Å². The van der Waals surface area contributed by atoms with E-state index in [0.717, 1.165) is 0 Å². The normalized spacial score (nSPS) is 22.5. The van der Waals surface area contributed by atoms with Gasteiger partial charge in [-0.2, -0.15) is 0 Å². The Bertz CT molecular complexity index is 1420. The van der Waals surface area contributed by atoms with Crippen LogP contribution in [0.1, 0.15) is 35.0 Å². The largest absolute Gasteiger partial charge is 0.387 e. The second-order valence-electron chi connectivity index (χ2n) is 8.49. The van der Waals surface area contributed by atoms with Crippen LogP contribution in [0, 0.1) is 0 Å². The molecule has 0 unspecified atom stereocenters. The molecule has 15 nitrogen and oxygen atoms in total. The molecule has 0 saturated carbocycles. The number of imide groups is 1. The summed E-state index contributed by atoms with van der Waals surface area (Å²) in [7, 11) is 0. The minimum Gasteiger partial charge on any atom is -0.387 e. The molecule has 192 valence electrons. The van der Waals surface area contributed by atoms with E-state index >= 15 is 0 Å². The Balaban J connectivity index is 1.17. The first-order valence-corrected chi connectivity index (χ1v) is 11.2. The molecule has 2 aromatic heterocycles. The molecule has 4 atom stereocenters. The molecule has 15 heteroatoms. The first-order chi connectivity index (χ1) is 17.7. The van der Waals surface area contributed by atoms with E-state index in [4.69, 9.17) is 10.5 Å². The van der Waals surface area contributed by atoms with Crippen molar-refractivity contribution < 1.29 is 34.1 Å². The van der Waals surface area contributed by atoms with Gasteiger partial charge in [0.1, 0.15) is 24.1 Å². The van der Waals surface area contributed by atoms with Gasteiger partial charge in [-0.1, -0.05) is 6.07 Å². The highest BCUT2D eigenvalue weighted by molar-refractivity contribution is 6.03. The number of nitrogens with one attached hydrogen (secondary N) is 3. The summed E-state index contributed by atoms with van der Waals surface area (Å²) in [5.41, 5.74) is 7.80. The van der Waals surface area contributed by atoms with E-state index in [0.29, 0.717) is 16.8 Å². The zero-order valence-electron chi connectivity index (χ0n) is 19.1. The quantitative estimate of drug-likeness (QED) is 0.220. The van der Waals surface area contributed by atoms with E-state index in [-0.39, 0.29) is 42.3 Å². The number of carbonyl (C=O) groups is 4. The first-order valence-electron chi connectivity index (χ1n) is 11.2. The van der Waals surface area contributed by atoms with Crippen LogP contribution >= 0.6 is 0 Å². The zero-order chi connectivity index (χ0) is 26.3. The summed E-state index contributed by atoms with van der Waals surface area (Å²) in [6, 6.07) is 4.92. The molecule has 1 aromatic carbocycles. The Hall–Kier alpha value is -4.47. The molecule has 0 aliphatic carbocycles. The molecular formula is C22H22N8O7. The SMILES string of the molecule is Nc1ncnc2c1ncn2[C@@H]1O[C@H](C(=O)NC(=O)CCC(=O)Nc2cccc3c2CNC3=O)[C@@H](O)[C@H]1O. The third-order valence-electron chi connectivity index (χ3n) is 6.12. The summed E-state index contributed by atoms with van der Waals surface area (Å²) in [6.07, 6.45) is -4.13. The number of amides is 4. The molecule has 0 radical (unpaired) electrons. The predicted molar refractivity (Wildman–Crippen MR) is 124 cm³/mol. The number of hydrogen-bond acceptors (Lipinski definition) is 11. The molecule has 2 aliphatic rings. The summed E-state index contributed by atoms with van der Waals surface area (Å²) < 4.78 is 6.84. The number of aliphatic hydroxyl groups is 2. The number of nitrogen functional groups attached to an aromatic ring is 1. The van der Waals surface area contributed by atoms with Crippen molar-refractivity contribution in [3.8, 4) is 0 Å². The Kier molecular flexibility index (Phi) is 6.24. The van der Waals surface area contributed by atoms with Gasteiger partial charge < -0.3 is 31.3 Å². The molecule has 5 rings (SSSR count). The Morgan fingerprint density at radius 1 is 1.14 bits per heavy atom. The molecule has 7 N–H and O–H groups in total. The maximum atomic E-state index is 12.6. The Morgan fingerprint density at radius 2 is 1.92 bits per heavy atom. The number of rotatable bonds is 6. The minimum absolute atomic E-state index is 0.0996. The fraction of sp³-hybridized carbons (Fsp3) is 0.318. The standard InChI is InChI=1S/C22H22N8O7/c23-18-14-19(26-7-25-18)30(8-27-14)22-16(34)15(33)17(37-22)21(36)29-13(32)5-4-12(31)28-11-3-1-2-9-10(11)6-24-20(9)35/h1-3,7-8,15-17,22,33-34H,4-6H2,(H,24,35)(H,28,31)(H2,23,25,26)(H,29,32,36)/t15-,16+,17-,22+/m0/s1. The number of ether oxygens (including phenoxy) is 1. The molecule has 3 aromatic rings. The molecule has 4 amide bonds. The van der Waals surface area contributed by atoms with Gasteiger partial charge in [0, 0.05) is 36.2 Å². The molecule has 1 fully saturated rings. The molecule has 2 aliphatic heterocycles. The number of hydrogen-bond donors (Lipinski definition) is 6. The minimum atomic E-state index is -1.66. The second-order valence-corrected chi connectivity index (χ2v) is 8.49. The zero-order valence-corrected chi connectivity index (χ0v) is 19.1. The van der Waals surface area contributed by atoms with E-state index in [1.807, 2.05) is 0 Å². The molecule has 0 bridgehead atoms. The van der Waals surface area contributed by atoms with Crippen LogP contribution in [0.5, 0.6) is 0 Å². The number of nitrogens with two attached hydrogens (primary N) is 1. The van der Waals surface area contributed by atoms with Gasteiger partial charge in [-0.3, -0.25) is 29.1 Å². The Morgan fingerprint density at radius 3 is 2.73 bits per heavy atom. The second kappa shape index (κ2) is 9.53. The lowest BCUT2D eigenvalue weighted by molar-refractivity contribution is -0.142. The Labute approximate surface area is 208 Å². The van der Waals surface area contributed by atoms with Crippen molar-refractivity contribution in [3.05, 3.63) is 42.0 Å². The van der Waals surface area contributed by atoms with E-state index in [1.165, 1.54) is 17.2 Å². The van der Waals surface area contributed by atoms with Crippen LogP contribution < -0.4 is 21.7 Å². The van der Waals surface area contributed by atoms with E-state index < -0.39 is 42.3 Å². The van der Waals surface area contributed by atoms with Crippen LogP contribution in [-0.2, 0) is 25.7 Å². The molecule has 4 heterocycles. The van der Waals surface area contributed by atoms with E-state index in [1.54, 1.807) is 18.2 Å². The molecular weight excluding hydrogens is 488 g/mol. The fourth-order valence-electron chi connectivity index (χ4n) is 4.24. The van der Waals surface area contributed by atoms with Crippen molar-refractivity contribution in [1.82, 2.24) is 30.2 Å². The summed E-state index contributed by atoms with van der Waals surface area (Å²) in [6.45, 7) is 0.283. The van der Waals surface area contributed by atoms with Crippen LogP contribution in [0.2, 0.25) is 0 Å². The number of anilines is 2. The van der Waals surface area contributed by atoms with Gasteiger partial charge in [0.2, 0.25) is 11.8 Å². The lowest BCUT2D eigenvalue weighted by atomic mass is 10.1. The maximum Gasteiger partial charge on any atom is 0.258 e. The van der Waals surface area contributed by atoms with Gasteiger partial charge in [0.15, 0.2) is 23.8 Å². The number of carbonyl (C=O) groups excluding carboxylic acids is 4. The van der Waals surface area contributed by atoms with Gasteiger partial charge in [-0.15, -0.1) is 0 Å². The van der Waals surface area contributed by atoms with Crippen molar-refractivity contribution in [3.63, 3.8) is 0 Å². The average Bonchev–Trinajstić information content (AvgIpc) is 3.55. The molecule has 37 heavy (non-hydrogen) atoms. The predicted octanol–water partition coefficient (Wildman–Crippen LogP) is -1.67. The highest BCUT2D eigenvalue weighted by Crippen LogP contribution is 2.32. The van der Waals surface area contributed by atoms with Gasteiger partial charge in [0.25, 0.3) is 11.8 Å². The summed E-state index contributed by atoms with van der Waals surface area (Å²) in [5.74, 6) is -2.38. The van der Waals surface area contributed by atoms with Crippen molar-refractivity contribution in [2.45, 2.75) is 43.9 Å². The van der Waals surface area contributed by atoms with Crippen LogP contribution in [0.25, 0.3) is 11.2 Å². The summed E-state index contributed by atoms with van der Waals surface area (Å²) in [5, 5.41) is 28.3. The number of fused-ring (bicyclic) bond motifs is 2. The maximum absolute atomic E-state index is 12.6. The number of aromatic nitrogens is 4. The first kappa shape index (κ1) is 24.2. The highest BCUT2D eigenvalue weighted by Gasteiger charge is 2.48. The number of benzene rings is 1. The van der Waals surface area contributed by atoms with Crippen LogP contribution in [0.4, 0.5) is 11.5 Å². The van der Waals surface area contributed by atoms with Crippen molar-refractivity contribution in [2.75, 3.05) is 11.1 Å². The number of nitrogens with zero attached hydrogens (tertiary/aromatic N) is 4. The average molecular weight is 510 g/mol. The van der Waals surface area contributed by atoms with Gasteiger partial charge in [0.05, 0.1) is 6.33 Å². The third-order valence-corrected chi connectivity index (χ3v) is 6.12. The third kappa shape index (κ3) is 4.46. The highest BCUT2D eigenvalue weighted by atomic mass is 16.6. The fourth-order valence-corrected chi connectivity index (χ4v) is 4.24. The van der Waals surface area contributed by atoms with Crippen LogP contribution in [0.15, 0.2) is 30.9 Å². The summed E-state index contributed by atoms with van der Waals surface area (Å²) >= 11 is 0. The number of aliphatic hydroxyl groups excluding tert-OH is 2. The monoisotopic (exact) mass is 510 g/mol. The number of imidazole rings is 1. The van der Waals surface area contributed by atoms with E-state index in [9.17, 15) is 29.4 Å². The van der Waals surface area contributed by atoms with Crippen molar-refractivity contribution >= 4 is 46.3 Å². The van der Waals surface area contributed by atoms with Crippen molar-refractivity contribution in [1.29, 1.82) is 0 Å². The van der Waals surface area contributed by atoms with E-state index in [2.05, 4.69) is 30.9 Å². The van der Waals surface area contributed by atoms with Gasteiger partial charge in [-0.05, 0) is 12.1 Å². The topological polar surface area (TPSA) is 224 Å². The molecule has 1 saturated heterocycles. The van der Waals surface area contributed by atoms with Crippen LogP contribution in [-0.4, -0.2) is 71.7 Å². The smallest absolute Gasteiger partial charge is 0.258 e. The van der Waals surface area contributed by atoms with Crippen molar-refractivity contribution in [2.24, 2.45) is 0 Å². The molecule has 0 spiro atoms. The lowest BCUT2D eigenvalue weighted by Crippen LogP contribution is -2.45. The van der Waals surface area contributed by atoms with Crippen LogP contribution in [0.3, 0.4) is 0 Å². The summed E-state index contributed by atoms with van der Waals surface area (Å²) in [4.78, 5) is 60.9.